The van der Waals surface area contributed by atoms with Crippen LogP contribution in [0.4, 0.5) is 0 Å². The molecule has 0 aliphatic carbocycles. The van der Waals surface area contributed by atoms with Gasteiger partial charge in [-0.15, -0.1) is 0 Å². The standard InChI is InChI=1S/C11H18N4O/c1-2-11-13-10(14-16-11)7-15-5-8-3-12-4-9(8)6-15/h8-9,12H,2-7H2,1H3/t8-,9-/m1/s1. The third kappa shape index (κ3) is 1.85. The first-order valence-corrected chi connectivity index (χ1v) is 6.09. The van der Waals surface area contributed by atoms with Gasteiger partial charge in [-0.2, -0.15) is 4.98 Å². The number of hydrogen-bond donors (Lipinski definition) is 1. The van der Waals surface area contributed by atoms with Crippen LogP contribution in [0, 0.1) is 11.8 Å². The molecule has 5 heteroatoms. The normalized spacial score (nSPS) is 29.8. The molecular formula is C11H18N4O. The molecule has 0 saturated carbocycles. The summed E-state index contributed by atoms with van der Waals surface area (Å²) in [6, 6.07) is 0. The van der Waals surface area contributed by atoms with Crippen molar-refractivity contribution in [3.05, 3.63) is 11.7 Å². The lowest BCUT2D eigenvalue weighted by Crippen LogP contribution is -2.25. The van der Waals surface area contributed by atoms with E-state index in [-0.39, 0.29) is 0 Å². The first kappa shape index (κ1) is 10.2. The Morgan fingerprint density at radius 1 is 1.38 bits per heavy atom. The number of nitrogens with zero attached hydrogens (tertiary/aromatic N) is 3. The number of likely N-dealkylation sites (tertiary alicyclic amines) is 1. The van der Waals surface area contributed by atoms with Crippen molar-refractivity contribution >= 4 is 0 Å². The van der Waals surface area contributed by atoms with Gasteiger partial charge in [-0.05, 0) is 24.9 Å². The Morgan fingerprint density at radius 2 is 2.12 bits per heavy atom. The van der Waals surface area contributed by atoms with Crippen molar-refractivity contribution in [1.82, 2.24) is 20.4 Å². The summed E-state index contributed by atoms with van der Waals surface area (Å²) in [5.41, 5.74) is 0. The number of aromatic nitrogens is 2. The third-order valence-electron chi connectivity index (χ3n) is 3.64. The molecule has 3 rings (SSSR count). The summed E-state index contributed by atoms with van der Waals surface area (Å²) in [5, 5.41) is 7.45. The summed E-state index contributed by atoms with van der Waals surface area (Å²) in [5.74, 6) is 3.25. The molecule has 2 fully saturated rings. The molecule has 0 bridgehead atoms. The predicted octanol–water partition coefficient (Wildman–Crippen LogP) is 0.283. The minimum Gasteiger partial charge on any atom is -0.339 e. The molecule has 2 aliphatic rings. The van der Waals surface area contributed by atoms with Crippen LogP contribution in [0.2, 0.25) is 0 Å². The second-order valence-electron chi connectivity index (χ2n) is 4.83. The molecule has 88 valence electrons. The van der Waals surface area contributed by atoms with E-state index >= 15 is 0 Å². The van der Waals surface area contributed by atoms with Gasteiger partial charge in [0.1, 0.15) is 0 Å². The maximum atomic E-state index is 5.12. The van der Waals surface area contributed by atoms with Crippen molar-refractivity contribution < 1.29 is 4.52 Å². The van der Waals surface area contributed by atoms with Gasteiger partial charge in [0.15, 0.2) is 5.82 Å². The Morgan fingerprint density at radius 3 is 2.75 bits per heavy atom. The van der Waals surface area contributed by atoms with Crippen LogP contribution in [-0.4, -0.2) is 41.2 Å². The molecule has 1 N–H and O–H groups in total. The van der Waals surface area contributed by atoms with Crippen LogP contribution in [0.3, 0.4) is 0 Å². The summed E-state index contributed by atoms with van der Waals surface area (Å²) < 4.78 is 5.12. The quantitative estimate of drug-likeness (QED) is 0.796. The molecule has 16 heavy (non-hydrogen) atoms. The Hall–Kier alpha value is -0.940. The van der Waals surface area contributed by atoms with E-state index in [2.05, 4.69) is 20.4 Å². The van der Waals surface area contributed by atoms with Crippen molar-refractivity contribution in [1.29, 1.82) is 0 Å². The van der Waals surface area contributed by atoms with Gasteiger partial charge in [0.2, 0.25) is 5.89 Å². The molecule has 2 saturated heterocycles. The van der Waals surface area contributed by atoms with Crippen molar-refractivity contribution in [2.75, 3.05) is 26.2 Å². The van der Waals surface area contributed by atoms with E-state index < -0.39 is 0 Å². The average molecular weight is 222 g/mol. The van der Waals surface area contributed by atoms with Gasteiger partial charge >= 0.3 is 0 Å². The summed E-state index contributed by atoms with van der Waals surface area (Å²) >= 11 is 0. The molecule has 0 amide bonds. The zero-order valence-corrected chi connectivity index (χ0v) is 9.65. The van der Waals surface area contributed by atoms with Gasteiger partial charge in [0.05, 0.1) is 6.54 Å². The van der Waals surface area contributed by atoms with E-state index in [1.54, 1.807) is 0 Å². The highest BCUT2D eigenvalue weighted by atomic mass is 16.5. The first-order chi connectivity index (χ1) is 7.85. The highest BCUT2D eigenvalue weighted by Crippen LogP contribution is 2.26. The molecule has 1 aromatic heterocycles. The average Bonchev–Trinajstić information content (AvgIpc) is 2.92. The van der Waals surface area contributed by atoms with Crippen LogP contribution in [0.5, 0.6) is 0 Å². The molecular weight excluding hydrogens is 204 g/mol. The van der Waals surface area contributed by atoms with E-state index in [0.29, 0.717) is 0 Å². The molecule has 0 unspecified atom stereocenters. The van der Waals surface area contributed by atoms with E-state index in [9.17, 15) is 0 Å². The summed E-state index contributed by atoms with van der Waals surface area (Å²) in [6.07, 6.45) is 0.822. The minimum absolute atomic E-state index is 0.746. The lowest BCUT2D eigenvalue weighted by molar-refractivity contribution is 0.289. The van der Waals surface area contributed by atoms with Gasteiger partial charge in [-0.3, -0.25) is 4.90 Å². The zero-order valence-electron chi connectivity index (χ0n) is 9.65. The topological polar surface area (TPSA) is 54.2 Å². The van der Waals surface area contributed by atoms with Gasteiger partial charge < -0.3 is 9.84 Å². The number of hydrogen-bond acceptors (Lipinski definition) is 5. The number of nitrogens with one attached hydrogen (secondary N) is 1. The van der Waals surface area contributed by atoms with Crippen LogP contribution in [0.25, 0.3) is 0 Å². The van der Waals surface area contributed by atoms with Crippen molar-refractivity contribution in [2.24, 2.45) is 11.8 Å². The van der Waals surface area contributed by atoms with Crippen molar-refractivity contribution in [3.8, 4) is 0 Å². The Balaban J connectivity index is 1.59. The fraction of sp³-hybridized carbons (Fsp3) is 0.818. The minimum atomic E-state index is 0.746. The van der Waals surface area contributed by atoms with Crippen LogP contribution in [-0.2, 0) is 13.0 Å². The third-order valence-corrected chi connectivity index (χ3v) is 3.64. The monoisotopic (exact) mass is 222 g/mol. The van der Waals surface area contributed by atoms with Gasteiger partial charge in [-0.25, -0.2) is 0 Å². The Kier molecular flexibility index (Phi) is 2.65. The SMILES string of the molecule is CCc1nc(CN2C[C@H]3CNC[C@@H]3C2)no1. The maximum Gasteiger partial charge on any atom is 0.226 e. The van der Waals surface area contributed by atoms with Crippen LogP contribution < -0.4 is 5.32 Å². The molecule has 3 heterocycles. The smallest absolute Gasteiger partial charge is 0.226 e. The predicted molar refractivity (Wildman–Crippen MR) is 58.8 cm³/mol. The van der Waals surface area contributed by atoms with Crippen LogP contribution in [0.15, 0.2) is 4.52 Å². The molecule has 0 aromatic carbocycles. The fourth-order valence-electron chi connectivity index (χ4n) is 2.78. The van der Waals surface area contributed by atoms with Crippen LogP contribution >= 0.6 is 0 Å². The number of aryl methyl sites for hydroxylation is 1. The molecule has 0 radical (unpaired) electrons. The number of rotatable bonds is 3. The lowest BCUT2D eigenvalue weighted by Gasteiger charge is -2.13. The maximum absolute atomic E-state index is 5.12. The van der Waals surface area contributed by atoms with Crippen molar-refractivity contribution in [3.63, 3.8) is 0 Å². The highest BCUT2D eigenvalue weighted by molar-refractivity contribution is 4.94. The molecule has 1 aromatic rings. The van der Waals surface area contributed by atoms with Crippen molar-refractivity contribution in [2.45, 2.75) is 19.9 Å². The Bertz CT molecular complexity index is 353. The second kappa shape index (κ2) is 4.14. The summed E-state index contributed by atoms with van der Waals surface area (Å²) in [7, 11) is 0. The molecule has 2 aliphatic heterocycles. The Labute approximate surface area is 95.2 Å². The van der Waals surface area contributed by atoms with E-state index in [4.69, 9.17) is 4.52 Å². The van der Waals surface area contributed by atoms with Gasteiger partial charge in [0.25, 0.3) is 0 Å². The zero-order chi connectivity index (χ0) is 11.0. The fourth-order valence-corrected chi connectivity index (χ4v) is 2.78. The summed E-state index contributed by atoms with van der Waals surface area (Å²) in [6.45, 7) is 7.57. The van der Waals surface area contributed by atoms with E-state index in [1.165, 1.54) is 26.2 Å². The number of fused-ring (bicyclic) bond motifs is 1. The van der Waals surface area contributed by atoms with E-state index in [0.717, 1.165) is 36.5 Å². The molecule has 0 spiro atoms. The summed E-state index contributed by atoms with van der Waals surface area (Å²) in [4.78, 5) is 6.80. The van der Waals surface area contributed by atoms with Crippen LogP contribution in [0.1, 0.15) is 18.6 Å². The largest absolute Gasteiger partial charge is 0.339 e. The first-order valence-electron chi connectivity index (χ1n) is 6.09. The van der Waals surface area contributed by atoms with Gasteiger partial charge in [0, 0.05) is 19.5 Å². The van der Waals surface area contributed by atoms with E-state index in [1.807, 2.05) is 6.92 Å². The molecule has 2 atom stereocenters. The second-order valence-corrected chi connectivity index (χ2v) is 4.83. The highest BCUT2D eigenvalue weighted by Gasteiger charge is 2.36. The molecule has 5 nitrogen and oxygen atoms in total. The van der Waals surface area contributed by atoms with Gasteiger partial charge in [-0.1, -0.05) is 12.1 Å². The lowest BCUT2D eigenvalue weighted by atomic mass is 10.0.